The van der Waals surface area contributed by atoms with Gasteiger partial charge in [-0.2, -0.15) is 0 Å². The van der Waals surface area contributed by atoms with Crippen LogP contribution in [-0.2, 0) is 0 Å². The van der Waals surface area contributed by atoms with Crippen molar-refractivity contribution in [3.8, 4) is 11.3 Å². The lowest BCUT2D eigenvalue weighted by atomic mass is 10.1. The number of aromatic amines is 1. The highest BCUT2D eigenvalue weighted by Gasteiger charge is 2.12. The number of aldehydes is 1. The number of H-pyrrole nitrogens is 1. The van der Waals surface area contributed by atoms with E-state index in [1.807, 2.05) is 42.5 Å². The molecule has 0 saturated carbocycles. The van der Waals surface area contributed by atoms with Crippen molar-refractivity contribution in [3.63, 3.8) is 0 Å². The topological polar surface area (TPSA) is 45.8 Å². The SMILES string of the molecule is O=Cc1c(-c2ccccc2)[nH]c2ncccc12. The Morgan fingerprint density at radius 2 is 1.88 bits per heavy atom. The van der Waals surface area contributed by atoms with Crippen LogP contribution in [0.3, 0.4) is 0 Å². The summed E-state index contributed by atoms with van der Waals surface area (Å²) in [6.45, 7) is 0. The van der Waals surface area contributed by atoms with Crippen LogP contribution in [0.5, 0.6) is 0 Å². The number of nitrogens with one attached hydrogen (secondary N) is 1. The van der Waals surface area contributed by atoms with Crippen LogP contribution in [0.4, 0.5) is 0 Å². The number of fused-ring (bicyclic) bond motifs is 1. The zero-order chi connectivity index (χ0) is 11.7. The summed E-state index contributed by atoms with van der Waals surface area (Å²) in [7, 11) is 0. The molecule has 2 heterocycles. The maximum absolute atomic E-state index is 11.2. The predicted octanol–water partition coefficient (Wildman–Crippen LogP) is 3.04. The molecule has 3 nitrogen and oxygen atoms in total. The molecule has 3 heteroatoms. The molecule has 3 aromatic rings. The van der Waals surface area contributed by atoms with Crippen LogP contribution < -0.4 is 0 Å². The van der Waals surface area contributed by atoms with Crippen molar-refractivity contribution in [2.24, 2.45) is 0 Å². The van der Waals surface area contributed by atoms with Gasteiger partial charge in [0.2, 0.25) is 0 Å². The van der Waals surface area contributed by atoms with Crippen LogP contribution in [0.25, 0.3) is 22.3 Å². The molecule has 0 aliphatic heterocycles. The molecule has 0 radical (unpaired) electrons. The fourth-order valence-corrected chi connectivity index (χ4v) is 2.00. The zero-order valence-electron chi connectivity index (χ0n) is 9.05. The van der Waals surface area contributed by atoms with E-state index in [1.54, 1.807) is 6.20 Å². The highest BCUT2D eigenvalue weighted by Crippen LogP contribution is 2.27. The Morgan fingerprint density at radius 1 is 1.06 bits per heavy atom. The molecule has 0 aliphatic rings. The van der Waals surface area contributed by atoms with Crippen molar-refractivity contribution in [3.05, 3.63) is 54.2 Å². The standard InChI is InChI=1S/C14H10N2O/c17-9-12-11-7-4-8-15-14(11)16-13(12)10-5-2-1-3-6-10/h1-9H,(H,15,16). The summed E-state index contributed by atoms with van der Waals surface area (Å²) in [5.41, 5.74) is 3.23. The molecule has 1 aromatic carbocycles. The number of nitrogens with zero attached hydrogens (tertiary/aromatic N) is 1. The normalized spacial score (nSPS) is 10.6. The monoisotopic (exact) mass is 222 g/mol. The lowest BCUT2D eigenvalue weighted by molar-refractivity contribution is 0.112. The lowest BCUT2D eigenvalue weighted by Crippen LogP contribution is -1.83. The molecular weight excluding hydrogens is 212 g/mol. The minimum atomic E-state index is 0.666. The minimum Gasteiger partial charge on any atom is -0.339 e. The quantitative estimate of drug-likeness (QED) is 0.677. The number of rotatable bonds is 2. The van der Waals surface area contributed by atoms with Gasteiger partial charge in [0.1, 0.15) is 5.65 Å². The number of hydrogen-bond donors (Lipinski definition) is 1. The molecule has 1 N–H and O–H groups in total. The largest absolute Gasteiger partial charge is 0.339 e. The van der Waals surface area contributed by atoms with Crippen LogP contribution in [0.15, 0.2) is 48.7 Å². The molecule has 0 bridgehead atoms. The highest BCUT2D eigenvalue weighted by molar-refractivity contribution is 6.03. The first-order chi connectivity index (χ1) is 8.40. The molecule has 82 valence electrons. The first-order valence-electron chi connectivity index (χ1n) is 5.37. The first kappa shape index (κ1) is 9.78. The Hall–Kier alpha value is -2.42. The van der Waals surface area contributed by atoms with E-state index >= 15 is 0 Å². The van der Waals surface area contributed by atoms with Gasteiger partial charge in [-0.3, -0.25) is 4.79 Å². The Kier molecular flexibility index (Phi) is 2.22. The average Bonchev–Trinajstić information content (AvgIpc) is 2.78. The fourth-order valence-electron chi connectivity index (χ4n) is 2.00. The van der Waals surface area contributed by atoms with E-state index in [-0.39, 0.29) is 0 Å². The van der Waals surface area contributed by atoms with Crippen LogP contribution in [-0.4, -0.2) is 16.3 Å². The van der Waals surface area contributed by atoms with E-state index in [1.165, 1.54) is 0 Å². The second-order valence-electron chi connectivity index (χ2n) is 3.80. The minimum absolute atomic E-state index is 0.666. The number of aromatic nitrogens is 2. The van der Waals surface area contributed by atoms with E-state index < -0.39 is 0 Å². The molecule has 0 saturated heterocycles. The molecular formula is C14H10N2O. The second kappa shape index (κ2) is 3.87. The van der Waals surface area contributed by atoms with Crippen molar-refractivity contribution < 1.29 is 4.79 Å². The van der Waals surface area contributed by atoms with E-state index in [0.29, 0.717) is 5.56 Å². The molecule has 0 spiro atoms. The summed E-state index contributed by atoms with van der Waals surface area (Å²) in [5.74, 6) is 0. The smallest absolute Gasteiger partial charge is 0.152 e. The fraction of sp³-hybridized carbons (Fsp3) is 0. The Balaban J connectivity index is 2.33. The predicted molar refractivity (Wildman–Crippen MR) is 66.9 cm³/mol. The number of benzene rings is 1. The zero-order valence-corrected chi connectivity index (χ0v) is 9.05. The van der Waals surface area contributed by atoms with Crippen molar-refractivity contribution >= 4 is 17.3 Å². The van der Waals surface area contributed by atoms with E-state index in [2.05, 4.69) is 9.97 Å². The van der Waals surface area contributed by atoms with E-state index in [0.717, 1.165) is 28.6 Å². The maximum atomic E-state index is 11.2. The molecule has 0 aliphatic carbocycles. The summed E-state index contributed by atoms with van der Waals surface area (Å²) < 4.78 is 0. The van der Waals surface area contributed by atoms with Crippen molar-refractivity contribution in [1.29, 1.82) is 0 Å². The third-order valence-corrected chi connectivity index (χ3v) is 2.79. The van der Waals surface area contributed by atoms with Crippen LogP contribution in [0, 0.1) is 0 Å². The van der Waals surface area contributed by atoms with Gasteiger partial charge in [-0.25, -0.2) is 4.98 Å². The van der Waals surface area contributed by atoms with Gasteiger partial charge in [-0.15, -0.1) is 0 Å². The van der Waals surface area contributed by atoms with Crippen molar-refractivity contribution in [2.45, 2.75) is 0 Å². The summed E-state index contributed by atoms with van der Waals surface area (Å²) in [6, 6.07) is 13.5. The van der Waals surface area contributed by atoms with Gasteiger partial charge in [0.15, 0.2) is 6.29 Å². The van der Waals surface area contributed by atoms with E-state index in [9.17, 15) is 4.79 Å². The van der Waals surface area contributed by atoms with Crippen LogP contribution in [0.2, 0.25) is 0 Å². The molecule has 2 aromatic heterocycles. The number of pyridine rings is 1. The summed E-state index contributed by atoms with van der Waals surface area (Å²) in [4.78, 5) is 18.6. The summed E-state index contributed by atoms with van der Waals surface area (Å²) >= 11 is 0. The third-order valence-electron chi connectivity index (χ3n) is 2.79. The van der Waals surface area contributed by atoms with Gasteiger partial charge in [0.05, 0.1) is 5.69 Å². The number of carbonyl (C=O) groups is 1. The Morgan fingerprint density at radius 3 is 2.65 bits per heavy atom. The number of carbonyl (C=O) groups excluding carboxylic acids is 1. The molecule has 0 amide bonds. The van der Waals surface area contributed by atoms with E-state index in [4.69, 9.17) is 0 Å². The maximum Gasteiger partial charge on any atom is 0.152 e. The van der Waals surface area contributed by atoms with Crippen molar-refractivity contribution in [1.82, 2.24) is 9.97 Å². The van der Waals surface area contributed by atoms with Gasteiger partial charge >= 0.3 is 0 Å². The summed E-state index contributed by atoms with van der Waals surface area (Å²) in [6.07, 6.45) is 2.59. The Labute approximate surface area is 98.1 Å². The molecule has 0 fully saturated rings. The second-order valence-corrected chi connectivity index (χ2v) is 3.80. The van der Waals surface area contributed by atoms with Gasteiger partial charge in [0.25, 0.3) is 0 Å². The van der Waals surface area contributed by atoms with Gasteiger partial charge in [-0.1, -0.05) is 30.3 Å². The van der Waals surface area contributed by atoms with Crippen LogP contribution >= 0.6 is 0 Å². The third kappa shape index (κ3) is 1.52. The first-order valence-corrected chi connectivity index (χ1v) is 5.37. The number of hydrogen-bond acceptors (Lipinski definition) is 2. The van der Waals surface area contributed by atoms with Gasteiger partial charge < -0.3 is 4.98 Å². The summed E-state index contributed by atoms with van der Waals surface area (Å²) in [5, 5.41) is 0.862. The van der Waals surface area contributed by atoms with Gasteiger partial charge in [-0.05, 0) is 17.7 Å². The average molecular weight is 222 g/mol. The van der Waals surface area contributed by atoms with Crippen molar-refractivity contribution in [2.75, 3.05) is 0 Å². The molecule has 0 atom stereocenters. The highest BCUT2D eigenvalue weighted by atomic mass is 16.1. The molecule has 17 heavy (non-hydrogen) atoms. The molecule has 0 unspecified atom stereocenters. The Bertz CT molecular complexity index is 671. The molecule has 3 rings (SSSR count). The van der Waals surface area contributed by atoms with Gasteiger partial charge in [0, 0.05) is 17.1 Å². The van der Waals surface area contributed by atoms with Crippen LogP contribution in [0.1, 0.15) is 10.4 Å². The lowest BCUT2D eigenvalue weighted by Gasteiger charge is -1.98.